The molecular formula is C30H46O2Si2. The van der Waals surface area contributed by atoms with Gasteiger partial charge in [-0.3, -0.25) is 0 Å². The van der Waals surface area contributed by atoms with E-state index in [1.54, 1.807) is 0 Å². The highest BCUT2D eigenvalue weighted by Gasteiger charge is 2.39. The first-order valence-electron chi connectivity index (χ1n) is 12.4. The first kappa shape index (κ1) is 28.2. The van der Waals surface area contributed by atoms with E-state index in [1.807, 2.05) is 0 Å². The zero-order valence-electron chi connectivity index (χ0n) is 23.6. The molecule has 0 aliphatic carbocycles. The summed E-state index contributed by atoms with van der Waals surface area (Å²) in [7, 11) is -3.70. The van der Waals surface area contributed by atoms with Crippen LogP contribution in [-0.4, -0.2) is 16.6 Å². The normalized spacial score (nSPS) is 14.2. The molecule has 2 aromatic carbocycles. The zero-order chi connectivity index (χ0) is 25.9. The van der Waals surface area contributed by atoms with E-state index >= 15 is 0 Å². The van der Waals surface area contributed by atoms with Crippen molar-refractivity contribution in [3.8, 4) is 11.5 Å². The predicted molar refractivity (Wildman–Crippen MR) is 156 cm³/mol. The first-order chi connectivity index (χ1) is 15.5. The highest BCUT2D eigenvalue weighted by Crippen LogP contribution is 2.39. The van der Waals surface area contributed by atoms with Crippen molar-refractivity contribution >= 4 is 27.8 Å². The van der Waals surface area contributed by atoms with E-state index in [-0.39, 0.29) is 10.1 Å². The topological polar surface area (TPSA) is 18.5 Å². The van der Waals surface area contributed by atoms with Crippen molar-refractivity contribution in [2.45, 2.75) is 91.7 Å². The van der Waals surface area contributed by atoms with Crippen molar-refractivity contribution in [1.82, 2.24) is 0 Å². The number of benzene rings is 2. The first-order valence-corrected chi connectivity index (χ1v) is 18.3. The van der Waals surface area contributed by atoms with Crippen molar-refractivity contribution in [2.24, 2.45) is 0 Å². The summed E-state index contributed by atoms with van der Waals surface area (Å²) < 4.78 is 13.0. The van der Waals surface area contributed by atoms with Gasteiger partial charge in [0.15, 0.2) is 0 Å². The molecule has 0 spiro atoms. The summed E-state index contributed by atoms with van der Waals surface area (Å²) in [4.78, 5) is 0. The van der Waals surface area contributed by atoms with Gasteiger partial charge in [0, 0.05) is 0 Å². The average molecular weight is 495 g/mol. The Hall–Kier alpha value is -2.05. The molecule has 0 fully saturated rings. The molecule has 2 aromatic rings. The van der Waals surface area contributed by atoms with Crippen LogP contribution >= 0.6 is 0 Å². The molecule has 186 valence electrons. The zero-order valence-corrected chi connectivity index (χ0v) is 25.6. The molecule has 4 heteroatoms. The molecule has 0 bridgehead atoms. The highest BCUT2D eigenvalue weighted by atomic mass is 28.4. The van der Waals surface area contributed by atoms with Crippen molar-refractivity contribution in [3.05, 3.63) is 71.8 Å². The van der Waals surface area contributed by atoms with Crippen LogP contribution in [0.5, 0.6) is 11.5 Å². The molecule has 0 amide bonds. The lowest BCUT2D eigenvalue weighted by atomic mass is 9.92. The van der Waals surface area contributed by atoms with Crippen LogP contribution in [0, 0.1) is 0 Å². The predicted octanol–water partition coefficient (Wildman–Crippen LogP) is 9.96. The smallest absolute Gasteiger partial charge is 0.250 e. The number of rotatable bonds is 7. The van der Waals surface area contributed by atoms with Crippen LogP contribution in [0.25, 0.3) is 11.1 Å². The van der Waals surface area contributed by atoms with Crippen molar-refractivity contribution < 1.29 is 8.85 Å². The van der Waals surface area contributed by atoms with Gasteiger partial charge in [0.2, 0.25) is 16.6 Å². The van der Waals surface area contributed by atoms with E-state index in [0.717, 1.165) is 11.5 Å². The Morgan fingerprint density at radius 3 is 1.03 bits per heavy atom. The van der Waals surface area contributed by atoms with E-state index in [0.29, 0.717) is 0 Å². The van der Waals surface area contributed by atoms with Gasteiger partial charge in [0.05, 0.1) is 0 Å². The van der Waals surface area contributed by atoms with Gasteiger partial charge in [0.25, 0.3) is 0 Å². The fourth-order valence-corrected chi connectivity index (χ4v) is 5.32. The molecule has 0 aromatic heterocycles. The van der Waals surface area contributed by atoms with Crippen LogP contribution in [0.1, 0.15) is 66.5 Å². The lowest BCUT2D eigenvalue weighted by Crippen LogP contribution is -2.43. The summed E-state index contributed by atoms with van der Waals surface area (Å²) in [6.07, 6.45) is 4.39. The standard InChI is InChI=1S/C30H46O2Si2/c1-13-27(23-15-19-25(20-16-23)31-33(9,10)29(3,4)5)28(14-2)24-17-21-26(22-18-24)32-34(11,12)30(6,7)8/h13-22H,1-12H3/b27-13+,28-14+. The van der Waals surface area contributed by atoms with Gasteiger partial charge in [-0.25, -0.2) is 0 Å². The molecule has 0 saturated carbocycles. The van der Waals surface area contributed by atoms with E-state index in [1.165, 1.54) is 22.3 Å². The van der Waals surface area contributed by atoms with Crippen LogP contribution in [-0.2, 0) is 0 Å². The molecule has 0 saturated heterocycles. The highest BCUT2D eigenvalue weighted by molar-refractivity contribution is 6.75. The molecule has 2 nitrogen and oxygen atoms in total. The average Bonchev–Trinajstić information content (AvgIpc) is 2.71. The second kappa shape index (κ2) is 10.3. The summed E-state index contributed by atoms with van der Waals surface area (Å²) >= 11 is 0. The Labute approximate surface area is 211 Å². The van der Waals surface area contributed by atoms with Gasteiger partial charge in [-0.15, -0.1) is 0 Å². The van der Waals surface area contributed by atoms with Crippen LogP contribution in [0.4, 0.5) is 0 Å². The van der Waals surface area contributed by atoms with Crippen LogP contribution in [0.15, 0.2) is 60.7 Å². The minimum Gasteiger partial charge on any atom is -0.544 e. The second-order valence-electron chi connectivity index (χ2n) is 12.2. The molecule has 34 heavy (non-hydrogen) atoms. The monoisotopic (exact) mass is 494 g/mol. The van der Waals surface area contributed by atoms with Crippen molar-refractivity contribution in [2.75, 3.05) is 0 Å². The van der Waals surface area contributed by atoms with E-state index in [2.05, 4.69) is 142 Å². The Morgan fingerprint density at radius 2 is 0.824 bits per heavy atom. The third-order valence-corrected chi connectivity index (χ3v) is 16.3. The molecule has 0 aliphatic rings. The summed E-state index contributed by atoms with van der Waals surface area (Å²) in [5, 5.41) is 0.359. The van der Waals surface area contributed by atoms with Gasteiger partial charge in [-0.1, -0.05) is 78.0 Å². The quantitative estimate of drug-likeness (QED) is 0.281. The van der Waals surface area contributed by atoms with Gasteiger partial charge in [-0.2, -0.15) is 0 Å². The summed E-state index contributed by atoms with van der Waals surface area (Å²) in [6, 6.07) is 17.2. The molecular weight excluding hydrogens is 449 g/mol. The van der Waals surface area contributed by atoms with E-state index in [9.17, 15) is 0 Å². The molecule has 0 radical (unpaired) electrons. The minimum absolute atomic E-state index is 0.179. The van der Waals surface area contributed by atoms with E-state index < -0.39 is 16.6 Å². The molecule has 0 heterocycles. The SMILES string of the molecule is C/C=C(/C(=C/C)c1ccc(O[Si](C)(C)C(C)(C)C)cc1)c1ccc(O[Si](C)(C)C(C)(C)C)cc1. The molecule has 0 unspecified atom stereocenters. The number of allylic oxidation sites excluding steroid dienone is 4. The third-order valence-electron chi connectivity index (χ3n) is 7.56. The third kappa shape index (κ3) is 6.54. The van der Waals surface area contributed by atoms with Gasteiger partial charge in [-0.05, 0) is 96.7 Å². The Bertz CT molecular complexity index is 928. The largest absolute Gasteiger partial charge is 0.544 e. The maximum absolute atomic E-state index is 6.48. The Morgan fingerprint density at radius 1 is 0.559 bits per heavy atom. The molecule has 0 N–H and O–H groups in total. The van der Waals surface area contributed by atoms with Gasteiger partial charge in [0.1, 0.15) is 11.5 Å². The summed E-state index contributed by atoms with van der Waals surface area (Å²) in [5.41, 5.74) is 4.83. The lowest BCUT2D eigenvalue weighted by molar-refractivity contribution is 0.492. The van der Waals surface area contributed by atoms with Crippen molar-refractivity contribution in [1.29, 1.82) is 0 Å². The maximum atomic E-state index is 6.48. The lowest BCUT2D eigenvalue weighted by Gasteiger charge is -2.36. The summed E-state index contributed by atoms with van der Waals surface area (Å²) in [6.45, 7) is 27.0. The minimum atomic E-state index is -1.85. The van der Waals surface area contributed by atoms with Crippen LogP contribution in [0.2, 0.25) is 36.3 Å². The van der Waals surface area contributed by atoms with Crippen molar-refractivity contribution in [3.63, 3.8) is 0 Å². The van der Waals surface area contributed by atoms with E-state index in [4.69, 9.17) is 8.85 Å². The Balaban J connectivity index is 2.26. The van der Waals surface area contributed by atoms with Crippen LogP contribution in [0.3, 0.4) is 0 Å². The fraction of sp³-hybridized carbons (Fsp3) is 0.467. The Kier molecular flexibility index (Phi) is 8.53. The molecule has 0 aliphatic heterocycles. The second-order valence-corrected chi connectivity index (χ2v) is 21.6. The molecule has 2 rings (SSSR count). The maximum Gasteiger partial charge on any atom is 0.250 e. The molecule has 0 atom stereocenters. The fourth-order valence-electron chi connectivity index (χ4n) is 3.26. The number of hydrogen-bond donors (Lipinski definition) is 0. The van der Waals surface area contributed by atoms with Crippen LogP contribution < -0.4 is 8.85 Å². The number of hydrogen-bond acceptors (Lipinski definition) is 2. The summed E-state index contributed by atoms with van der Waals surface area (Å²) in [5.74, 6) is 1.92. The van der Waals surface area contributed by atoms with Gasteiger partial charge >= 0.3 is 0 Å². The van der Waals surface area contributed by atoms with Gasteiger partial charge < -0.3 is 8.85 Å².